The molecule has 0 atom stereocenters. The van der Waals surface area contributed by atoms with Crippen molar-refractivity contribution >= 4 is 11.8 Å². The van der Waals surface area contributed by atoms with Crippen molar-refractivity contribution < 1.29 is 4.39 Å². The predicted octanol–water partition coefficient (Wildman–Crippen LogP) is 3.01. The molecule has 1 aromatic carbocycles. The van der Waals surface area contributed by atoms with E-state index in [9.17, 15) is 4.39 Å². The first-order chi connectivity index (χ1) is 12.3. The molecule has 25 heavy (non-hydrogen) atoms. The van der Waals surface area contributed by atoms with Gasteiger partial charge in [-0.1, -0.05) is 18.2 Å². The van der Waals surface area contributed by atoms with Gasteiger partial charge in [0.1, 0.15) is 0 Å². The van der Waals surface area contributed by atoms with Crippen molar-refractivity contribution in [1.29, 1.82) is 0 Å². The molecule has 1 saturated heterocycles. The Bertz CT molecular complexity index is 843. The Morgan fingerprint density at radius 3 is 2.80 bits per heavy atom. The largest absolute Gasteiger partial charge is 0.354 e. The molecule has 1 N–H and O–H groups in total. The minimum absolute atomic E-state index is 0.369. The molecule has 2 aromatic heterocycles. The third kappa shape index (κ3) is 3.31. The maximum Gasteiger partial charge on any atom is 0.225 e. The summed E-state index contributed by atoms with van der Waals surface area (Å²) in [6.45, 7) is 2.23. The van der Waals surface area contributed by atoms with E-state index in [1.807, 2.05) is 39.9 Å². The maximum atomic E-state index is 14.0. The molecule has 0 amide bonds. The van der Waals surface area contributed by atoms with Gasteiger partial charge in [-0.3, -0.25) is 0 Å². The molecular weight excluding hydrogens is 319 g/mol. The first kappa shape index (κ1) is 15.6. The normalized spacial score (nSPS) is 14.0. The smallest absolute Gasteiger partial charge is 0.225 e. The molecule has 0 saturated carbocycles. The van der Waals surface area contributed by atoms with Crippen LogP contribution in [0.2, 0.25) is 0 Å². The van der Waals surface area contributed by atoms with E-state index >= 15 is 0 Å². The molecule has 7 heteroatoms. The minimum atomic E-state index is -0.369. The summed E-state index contributed by atoms with van der Waals surface area (Å²) in [6, 6.07) is 8.03. The summed E-state index contributed by atoms with van der Waals surface area (Å²) in [7, 11) is 0. The molecule has 3 heterocycles. The van der Waals surface area contributed by atoms with Gasteiger partial charge in [0.15, 0.2) is 11.6 Å². The fraction of sp³-hybridized carbons (Fsp3) is 0.278. The van der Waals surface area contributed by atoms with Crippen LogP contribution in [0.15, 0.2) is 49.2 Å². The van der Waals surface area contributed by atoms with E-state index in [4.69, 9.17) is 0 Å². The number of imidazole rings is 1. The van der Waals surface area contributed by atoms with Crippen LogP contribution in [0.25, 0.3) is 5.69 Å². The van der Waals surface area contributed by atoms with Crippen molar-refractivity contribution in [2.24, 2.45) is 0 Å². The SMILES string of the molecule is Fc1cnc(NCc2ccccc2-n2ccnc2)nc1N1CCCC1. The molecule has 128 valence electrons. The van der Waals surface area contributed by atoms with E-state index in [0.717, 1.165) is 37.2 Å². The van der Waals surface area contributed by atoms with Gasteiger partial charge in [-0.25, -0.2) is 14.4 Å². The molecule has 0 spiro atoms. The molecule has 1 aliphatic rings. The molecule has 1 aliphatic heterocycles. The summed E-state index contributed by atoms with van der Waals surface area (Å²) in [5, 5.41) is 3.21. The lowest BCUT2D eigenvalue weighted by atomic mass is 10.1. The van der Waals surface area contributed by atoms with E-state index in [1.54, 1.807) is 12.5 Å². The summed E-state index contributed by atoms with van der Waals surface area (Å²) < 4.78 is 16.0. The van der Waals surface area contributed by atoms with Crippen LogP contribution in [0.3, 0.4) is 0 Å². The van der Waals surface area contributed by atoms with Crippen molar-refractivity contribution in [3.05, 3.63) is 60.6 Å². The second-order valence-corrected chi connectivity index (χ2v) is 6.01. The zero-order chi connectivity index (χ0) is 17.1. The summed E-state index contributed by atoms with van der Waals surface area (Å²) in [5.41, 5.74) is 2.12. The van der Waals surface area contributed by atoms with Gasteiger partial charge in [-0.2, -0.15) is 4.98 Å². The highest BCUT2D eigenvalue weighted by Crippen LogP contribution is 2.22. The molecule has 0 bridgehead atoms. The highest BCUT2D eigenvalue weighted by atomic mass is 19.1. The fourth-order valence-electron chi connectivity index (χ4n) is 3.08. The Balaban J connectivity index is 1.53. The minimum Gasteiger partial charge on any atom is -0.354 e. The number of nitrogens with one attached hydrogen (secondary N) is 1. The van der Waals surface area contributed by atoms with Crippen molar-refractivity contribution in [3.63, 3.8) is 0 Å². The van der Waals surface area contributed by atoms with Gasteiger partial charge in [0.05, 0.1) is 18.2 Å². The van der Waals surface area contributed by atoms with E-state index < -0.39 is 0 Å². The molecule has 1 fully saturated rings. The molecular formula is C18H19FN6. The van der Waals surface area contributed by atoms with Crippen molar-refractivity contribution in [2.75, 3.05) is 23.3 Å². The van der Waals surface area contributed by atoms with E-state index in [2.05, 4.69) is 20.3 Å². The molecule has 0 radical (unpaired) electrons. The number of anilines is 2. The maximum absolute atomic E-state index is 14.0. The van der Waals surface area contributed by atoms with Gasteiger partial charge in [-0.05, 0) is 24.5 Å². The van der Waals surface area contributed by atoms with Crippen molar-refractivity contribution in [2.45, 2.75) is 19.4 Å². The van der Waals surface area contributed by atoms with E-state index in [0.29, 0.717) is 18.3 Å². The average Bonchev–Trinajstić information content (AvgIpc) is 3.35. The van der Waals surface area contributed by atoms with Gasteiger partial charge < -0.3 is 14.8 Å². The van der Waals surface area contributed by atoms with Gasteiger partial charge in [0, 0.05) is 32.0 Å². The van der Waals surface area contributed by atoms with Crippen LogP contribution in [0.4, 0.5) is 16.2 Å². The van der Waals surface area contributed by atoms with Gasteiger partial charge >= 0.3 is 0 Å². The highest BCUT2D eigenvalue weighted by molar-refractivity contribution is 5.46. The Labute approximate surface area is 145 Å². The zero-order valence-corrected chi connectivity index (χ0v) is 13.8. The quantitative estimate of drug-likeness (QED) is 0.775. The third-order valence-corrected chi connectivity index (χ3v) is 4.34. The third-order valence-electron chi connectivity index (χ3n) is 4.34. The van der Waals surface area contributed by atoms with Crippen molar-refractivity contribution in [3.8, 4) is 5.69 Å². The molecule has 3 aromatic rings. The van der Waals surface area contributed by atoms with E-state index in [-0.39, 0.29) is 5.82 Å². The lowest BCUT2D eigenvalue weighted by Crippen LogP contribution is -2.21. The Hall–Kier alpha value is -2.96. The van der Waals surface area contributed by atoms with Crippen LogP contribution in [0.1, 0.15) is 18.4 Å². The first-order valence-corrected chi connectivity index (χ1v) is 8.39. The van der Waals surface area contributed by atoms with Crippen LogP contribution in [-0.2, 0) is 6.54 Å². The number of hydrogen-bond donors (Lipinski definition) is 1. The van der Waals surface area contributed by atoms with Crippen LogP contribution in [0, 0.1) is 5.82 Å². The number of para-hydroxylation sites is 1. The van der Waals surface area contributed by atoms with Gasteiger partial charge in [0.2, 0.25) is 5.95 Å². The second-order valence-electron chi connectivity index (χ2n) is 6.01. The van der Waals surface area contributed by atoms with Crippen LogP contribution in [-0.4, -0.2) is 32.6 Å². The molecule has 4 rings (SSSR count). The predicted molar refractivity (Wildman–Crippen MR) is 94.3 cm³/mol. The van der Waals surface area contributed by atoms with Crippen LogP contribution < -0.4 is 10.2 Å². The zero-order valence-electron chi connectivity index (χ0n) is 13.8. The first-order valence-electron chi connectivity index (χ1n) is 8.39. The van der Waals surface area contributed by atoms with Crippen LogP contribution in [0.5, 0.6) is 0 Å². The number of nitrogens with zero attached hydrogens (tertiary/aromatic N) is 5. The van der Waals surface area contributed by atoms with Crippen molar-refractivity contribution in [1.82, 2.24) is 19.5 Å². The fourth-order valence-corrected chi connectivity index (χ4v) is 3.08. The highest BCUT2D eigenvalue weighted by Gasteiger charge is 2.18. The Morgan fingerprint density at radius 1 is 1.16 bits per heavy atom. The lowest BCUT2D eigenvalue weighted by molar-refractivity contribution is 0.608. The number of aromatic nitrogens is 4. The average molecular weight is 338 g/mol. The van der Waals surface area contributed by atoms with E-state index in [1.165, 1.54) is 6.20 Å². The Kier molecular flexibility index (Phi) is 4.28. The Morgan fingerprint density at radius 2 is 2.00 bits per heavy atom. The summed E-state index contributed by atoms with van der Waals surface area (Å²) in [6.07, 6.45) is 8.80. The molecule has 6 nitrogen and oxygen atoms in total. The number of hydrogen-bond acceptors (Lipinski definition) is 5. The topological polar surface area (TPSA) is 58.9 Å². The standard InChI is InChI=1S/C18H19FN6/c19-15-12-22-18(23-17(15)24-8-3-4-9-24)21-11-14-5-1-2-6-16(14)25-10-7-20-13-25/h1-2,5-7,10,12-13H,3-4,8-9,11H2,(H,21,22,23). The number of benzene rings is 1. The summed E-state index contributed by atoms with van der Waals surface area (Å²) in [5.74, 6) is 0.452. The monoisotopic (exact) mass is 338 g/mol. The summed E-state index contributed by atoms with van der Waals surface area (Å²) >= 11 is 0. The van der Waals surface area contributed by atoms with Gasteiger partial charge in [0.25, 0.3) is 0 Å². The number of halogens is 1. The molecule has 0 aliphatic carbocycles. The van der Waals surface area contributed by atoms with Crippen LogP contribution >= 0.6 is 0 Å². The number of rotatable bonds is 5. The summed E-state index contributed by atoms with van der Waals surface area (Å²) in [4.78, 5) is 14.5. The molecule has 0 unspecified atom stereocenters. The second kappa shape index (κ2) is 6.88. The van der Waals surface area contributed by atoms with Gasteiger partial charge in [-0.15, -0.1) is 0 Å². The lowest BCUT2D eigenvalue weighted by Gasteiger charge is -2.17.